The van der Waals surface area contributed by atoms with Gasteiger partial charge in [-0.2, -0.15) is 5.10 Å². The van der Waals surface area contributed by atoms with Crippen molar-refractivity contribution in [2.24, 2.45) is 0 Å². The maximum absolute atomic E-state index is 6.42. The Morgan fingerprint density at radius 2 is 1.79 bits per heavy atom. The molecule has 0 spiro atoms. The Bertz CT molecular complexity index is 1100. The largest absolute Gasteiger partial charge is 0.383 e. The van der Waals surface area contributed by atoms with E-state index in [2.05, 4.69) is 21.9 Å². The Kier molecular flexibility index (Phi) is 5.18. The van der Waals surface area contributed by atoms with Crippen LogP contribution in [0.1, 0.15) is 0 Å². The first-order valence-electron chi connectivity index (χ1n) is 8.53. The third-order valence-corrected chi connectivity index (χ3v) is 5.27. The highest BCUT2D eigenvalue weighted by Gasteiger charge is 2.21. The fourth-order valence-corrected chi connectivity index (χ4v) is 3.61. The third kappa shape index (κ3) is 3.42. The van der Waals surface area contributed by atoms with Crippen LogP contribution in [0, 0.1) is 0 Å². The number of hydrogen-bond donors (Lipinski definition) is 1. The van der Waals surface area contributed by atoms with Crippen LogP contribution in [0.4, 0.5) is 5.82 Å². The lowest BCUT2D eigenvalue weighted by Gasteiger charge is -2.10. The summed E-state index contributed by atoms with van der Waals surface area (Å²) in [7, 11) is 0. The fourth-order valence-electron chi connectivity index (χ4n) is 2.80. The van der Waals surface area contributed by atoms with Gasteiger partial charge in [-0.1, -0.05) is 47.6 Å². The molecule has 0 fully saturated rings. The molecule has 0 aliphatic heterocycles. The molecule has 2 N–H and O–H groups in total. The second-order valence-corrected chi connectivity index (χ2v) is 7.33. The van der Waals surface area contributed by atoms with Crippen molar-refractivity contribution in [2.75, 3.05) is 11.5 Å². The Balaban J connectivity index is 1.84. The lowest BCUT2D eigenvalue weighted by molar-refractivity contribution is 0.887. The SMILES string of the molecule is C=CCSc1nnc(-c2cnn(-c3ccccc3)c2N)n1-c1ccc(Cl)cc1. The monoisotopic (exact) mass is 408 g/mol. The highest BCUT2D eigenvalue weighted by atomic mass is 35.5. The number of nitrogens with two attached hydrogens (primary N) is 1. The average Bonchev–Trinajstić information content (AvgIpc) is 3.31. The Hall–Kier alpha value is -3.03. The molecule has 0 unspecified atom stereocenters. The lowest BCUT2D eigenvalue weighted by atomic mass is 10.2. The van der Waals surface area contributed by atoms with Gasteiger partial charge in [0.1, 0.15) is 5.82 Å². The summed E-state index contributed by atoms with van der Waals surface area (Å²) in [5.41, 5.74) is 8.90. The first kappa shape index (κ1) is 18.3. The van der Waals surface area contributed by atoms with Gasteiger partial charge in [-0.15, -0.1) is 16.8 Å². The van der Waals surface area contributed by atoms with Crippen molar-refractivity contribution in [3.8, 4) is 22.8 Å². The molecular formula is C20H17ClN6S. The number of rotatable bonds is 6. The van der Waals surface area contributed by atoms with Gasteiger partial charge >= 0.3 is 0 Å². The minimum atomic E-state index is 0.495. The van der Waals surface area contributed by atoms with Crippen LogP contribution in [-0.4, -0.2) is 30.3 Å². The first-order chi connectivity index (χ1) is 13.7. The number of halogens is 1. The van der Waals surface area contributed by atoms with Crippen molar-refractivity contribution in [1.29, 1.82) is 0 Å². The van der Waals surface area contributed by atoms with Gasteiger partial charge in [-0.25, -0.2) is 4.68 Å². The van der Waals surface area contributed by atoms with Crippen LogP contribution in [0.5, 0.6) is 0 Å². The summed E-state index contributed by atoms with van der Waals surface area (Å²) in [4.78, 5) is 0. The maximum atomic E-state index is 6.42. The predicted molar refractivity (Wildman–Crippen MR) is 114 cm³/mol. The topological polar surface area (TPSA) is 74.6 Å². The van der Waals surface area contributed by atoms with Gasteiger partial charge < -0.3 is 5.73 Å². The number of anilines is 1. The minimum absolute atomic E-state index is 0.495. The molecule has 0 saturated heterocycles. The molecular weight excluding hydrogens is 392 g/mol. The Morgan fingerprint density at radius 1 is 1.04 bits per heavy atom. The zero-order valence-electron chi connectivity index (χ0n) is 14.9. The number of benzene rings is 2. The highest BCUT2D eigenvalue weighted by molar-refractivity contribution is 7.99. The molecule has 6 nitrogen and oxygen atoms in total. The van der Waals surface area contributed by atoms with Crippen LogP contribution >= 0.6 is 23.4 Å². The van der Waals surface area contributed by atoms with Crippen molar-refractivity contribution in [3.05, 3.63) is 78.5 Å². The maximum Gasteiger partial charge on any atom is 0.196 e. The highest BCUT2D eigenvalue weighted by Crippen LogP contribution is 2.32. The van der Waals surface area contributed by atoms with Gasteiger partial charge in [0, 0.05) is 16.5 Å². The summed E-state index contributed by atoms with van der Waals surface area (Å²) >= 11 is 7.60. The van der Waals surface area contributed by atoms with Crippen LogP contribution < -0.4 is 5.73 Å². The van der Waals surface area contributed by atoms with Crippen molar-refractivity contribution in [1.82, 2.24) is 24.5 Å². The van der Waals surface area contributed by atoms with E-state index in [1.54, 1.807) is 22.6 Å². The normalized spacial score (nSPS) is 10.9. The van der Waals surface area contributed by atoms with E-state index in [9.17, 15) is 0 Å². The number of hydrogen-bond acceptors (Lipinski definition) is 5. The molecule has 28 heavy (non-hydrogen) atoms. The molecule has 0 aliphatic carbocycles. The van der Waals surface area contributed by atoms with Crippen LogP contribution in [0.3, 0.4) is 0 Å². The predicted octanol–water partition coefficient (Wildman–Crippen LogP) is 4.63. The lowest BCUT2D eigenvalue weighted by Crippen LogP contribution is -2.04. The zero-order valence-corrected chi connectivity index (χ0v) is 16.4. The molecule has 0 aliphatic rings. The van der Waals surface area contributed by atoms with E-state index in [1.807, 2.05) is 65.2 Å². The molecule has 0 bridgehead atoms. The summed E-state index contributed by atoms with van der Waals surface area (Å²) < 4.78 is 3.64. The Morgan fingerprint density at radius 3 is 2.50 bits per heavy atom. The number of nitrogens with zero attached hydrogens (tertiary/aromatic N) is 5. The van der Waals surface area contributed by atoms with Gasteiger partial charge in [-0.3, -0.25) is 4.57 Å². The van der Waals surface area contributed by atoms with E-state index in [0.717, 1.165) is 16.5 Å². The molecule has 2 aromatic carbocycles. The van der Waals surface area contributed by atoms with Crippen LogP contribution in [0.2, 0.25) is 5.02 Å². The summed E-state index contributed by atoms with van der Waals surface area (Å²) in [6, 6.07) is 17.2. The van der Waals surface area contributed by atoms with Gasteiger partial charge in [-0.05, 0) is 36.4 Å². The van der Waals surface area contributed by atoms with E-state index in [0.29, 0.717) is 28.0 Å². The standard InChI is InChI=1S/C20H17ClN6S/c1-2-12-28-20-25-24-19(26(20)15-10-8-14(21)9-11-15)17-13-23-27(18(17)22)16-6-4-3-5-7-16/h2-11,13H,1,12,22H2. The van der Waals surface area contributed by atoms with Gasteiger partial charge in [0.2, 0.25) is 0 Å². The van der Waals surface area contributed by atoms with E-state index in [4.69, 9.17) is 17.3 Å². The number of aromatic nitrogens is 5. The molecule has 4 aromatic rings. The fraction of sp³-hybridized carbons (Fsp3) is 0.0500. The molecule has 4 rings (SSSR count). The summed E-state index contributed by atoms with van der Waals surface area (Å²) in [6.45, 7) is 3.78. The Labute approximate surface area is 171 Å². The van der Waals surface area contributed by atoms with Crippen molar-refractivity contribution < 1.29 is 0 Å². The zero-order chi connectivity index (χ0) is 19.5. The quantitative estimate of drug-likeness (QED) is 0.371. The van der Waals surface area contributed by atoms with Crippen molar-refractivity contribution in [3.63, 3.8) is 0 Å². The van der Waals surface area contributed by atoms with Crippen molar-refractivity contribution in [2.45, 2.75) is 5.16 Å². The first-order valence-corrected chi connectivity index (χ1v) is 9.89. The van der Waals surface area contributed by atoms with Gasteiger partial charge in [0.05, 0.1) is 17.4 Å². The van der Waals surface area contributed by atoms with Crippen LogP contribution in [0.25, 0.3) is 22.8 Å². The van der Waals surface area contributed by atoms with E-state index >= 15 is 0 Å². The summed E-state index contributed by atoms with van der Waals surface area (Å²) in [5, 5.41) is 14.6. The van der Waals surface area contributed by atoms with Crippen LogP contribution in [-0.2, 0) is 0 Å². The number of para-hydroxylation sites is 1. The van der Waals surface area contributed by atoms with Gasteiger partial charge in [0.15, 0.2) is 11.0 Å². The minimum Gasteiger partial charge on any atom is -0.383 e. The molecule has 2 heterocycles. The summed E-state index contributed by atoms with van der Waals surface area (Å²) in [6.07, 6.45) is 3.54. The van der Waals surface area contributed by atoms with Crippen molar-refractivity contribution >= 4 is 29.2 Å². The molecule has 0 radical (unpaired) electrons. The average molecular weight is 409 g/mol. The van der Waals surface area contributed by atoms with Gasteiger partial charge in [0.25, 0.3) is 0 Å². The molecule has 140 valence electrons. The number of nitrogen functional groups attached to an aromatic ring is 1. The van der Waals surface area contributed by atoms with E-state index < -0.39 is 0 Å². The molecule has 0 amide bonds. The third-order valence-electron chi connectivity index (χ3n) is 4.10. The summed E-state index contributed by atoms with van der Waals surface area (Å²) in [5.74, 6) is 1.83. The number of thioether (sulfide) groups is 1. The second-order valence-electron chi connectivity index (χ2n) is 5.91. The van der Waals surface area contributed by atoms with E-state index in [-0.39, 0.29) is 0 Å². The van der Waals surface area contributed by atoms with E-state index in [1.165, 1.54) is 0 Å². The van der Waals surface area contributed by atoms with Crippen LogP contribution in [0.15, 0.2) is 78.6 Å². The molecule has 8 heteroatoms. The second kappa shape index (κ2) is 7.92. The smallest absolute Gasteiger partial charge is 0.196 e. The molecule has 0 saturated carbocycles. The molecule has 0 atom stereocenters. The molecule has 2 aromatic heterocycles.